The van der Waals surface area contributed by atoms with Gasteiger partial charge in [-0.2, -0.15) is 0 Å². The van der Waals surface area contributed by atoms with Crippen molar-refractivity contribution in [2.75, 3.05) is 31.1 Å². The van der Waals surface area contributed by atoms with Crippen molar-refractivity contribution in [2.24, 2.45) is 5.92 Å². The monoisotopic (exact) mass is 356 g/mol. The van der Waals surface area contributed by atoms with Crippen molar-refractivity contribution in [3.8, 4) is 0 Å². The number of rotatable bonds is 4. The minimum absolute atomic E-state index is 0.262. The summed E-state index contributed by atoms with van der Waals surface area (Å²) in [6.07, 6.45) is 6.05. The molecule has 0 spiro atoms. The Bertz CT molecular complexity index is 712. The Kier molecular flexibility index (Phi) is 5.13. The van der Waals surface area contributed by atoms with Crippen molar-refractivity contribution < 1.29 is 9.50 Å². The first-order chi connectivity index (χ1) is 12.7. The van der Waals surface area contributed by atoms with Gasteiger partial charge in [0.25, 0.3) is 0 Å². The van der Waals surface area contributed by atoms with Crippen molar-refractivity contribution in [3.05, 3.63) is 54.1 Å². The molecule has 4 rings (SSSR count). The molecule has 2 fully saturated rings. The lowest BCUT2D eigenvalue weighted by Crippen LogP contribution is -2.56. The summed E-state index contributed by atoms with van der Waals surface area (Å²) in [6.45, 7) is 3.93. The zero-order valence-electron chi connectivity index (χ0n) is 14.8. The van der Waals surface area contributed by atoms with Gasteiger partial charge in [-0.25, -0.2) is 14.4 Å². The van der Waals surface area contributed by atoms with Gasteiger partial charge < -0.3 is 10.0 Å². The van der Waals surface area contributed by atoms with Gasteiger partial charge in [-0.05, 0) is 48.9 Å². The number of aromatic nitrogens is 2. The van der Waals surface area contributed by atoms with E-state index in [4.69, 9.17) is 0 Å². The highest BCUT2D eigenvalue weighted by Gasteiger charge is 2.34. The van der Waals surface area contributed by atoms with Crippen LogP contribution in [0.25, 0.3) is 0 Å². The Balaban J connectivity index is 1.32. The molecule has 2 aliphatic rings. The van der Waals surface area contributed by atoms with E-state index in [1.165, 1.54) is 12.1 Å². The summed E-state index contributed by atoms with van der Waals surface area (Å²) in [5.41, 5.74) is 0.805. The number of piperazine rings is 1. The van der Waals surface area contributed by atoms with E-state index in [-0.39, 0.29) is 5.82 Å². The fourth-order valence-corrected chi connectivity index (χ4v) is 4.22. The zero-order chi connectivity index (χ0) is 17.9. The third-order valence-electron chi connectivity index (χ3n) is 5.65. The van der Waals surface area contributed by atoms with E-state index >= 15 is 0 Å². The number of piperidine rings is 1. The summed E-state index contributed by atoms with van der Waals surface area (Å²) in [6, 6.07) is 8.58. The Labute approximate surface area is 153 Å². The molecule has 3 heterocycles. The second kappa shape index (κ2) is 7.68. The van der Waals surface area contributed by atoms with Gasteiger partial charge >= 0.3 is 0 Å². The molecule has 3 unspecified atom stereocenters. The molecule has 1 aromatic heterocycles. The average Bonchev–Trinajstić information content (AvgIpc) is 2.69. The van der Waals surface area contributed by atoms with Crippen molar-refractivity contribution in [2.45, 2.75) is 31.4 Å². The highest BCUT2D eigenvalue weighted by Crippen LogP contribution is 2.32. The van der Waals surface area contributed by atoms with Crippen LogP contribution in [0.1, 0.15) is 30.9 Å². The second-order valence-electron chi connectivity index (χ2n) is 7.39. The lowest BCUT2D eigenvalue weighted by Gasteiger charge is -2.46. The first-order valence-corrected chi connectivity index (χ1v) is 9.38. The van der Waals surface area contributed by atoms with Gasteiger partial charge in [-0.1, -0.05) is 12.1 Å². The minimum atomic E-state index is -0.517. The van der Waals surface area contributed by atoms with Crippen LogP contribution in [0.15, 0.2) is 42.7 Å². The number of halogens is 1. The van der Waals surface area contributed by atoms with Crippen LogP contribution in [-0.2, 0) is 0 Å². The molecule has 138 valence electrons. The molecule has 5 nitrogen and oxygen atoms in total. The van der Waals surface area contributed by atoms with E-state index in [0.29, 0.717) is 12.0 Å². The molecule has 0 amide bonds. The Morgan fingerprint density at radius 3 is 2.62 bits per heavy atom. The summed E-state index contributed by atoms with van der Waals surface area (Å²) in [7, 11) is 0. The molecular formula is C20H25FN4O. The van der Waals surface area contributed by atoms with Crippen LogP contribution in [0.5, 0.6) is 0 Å². The van der Waals surface area contributed by atoms with Crippen LogP contribution in [0, 0.1) is 11.7 Å². The van der Waals surface area contributed by atoms with Gasteiger partial charge in [0.05, 0.1) is 6.10 Å². The Morgan fingerprint density at radius 1 is 1.08 bits per heavy atom. The first kappa shape index (κ1) is 17.4. The van der Waals surface area contributed by atoms with E-state index < -0.39 is 6.10 Å². The number of anilines is 1. The van der Waals surface area contributed by atoms with E-state index in [9.17, 15) is 9.50 Å². The summed E-state index contributed by atoms with van der Waals surface area (Å²) in [4.78, 5) is 13.6. The summed E-state index contributed by atoms with van der Waals surface area (Å²) in [5, 5.41) is 10.5. The van der Waals surface area contributed by atoms with E-state index in [0.717, 1.165) is 57.0 Å². The second-order valence-corrected chi connectivity index (χ2v) is 7.39. The summed E-state index contributed by atoms with van der Waals surface area (Å²) in [5.74, 6) is 1.04. The van der Waals surface area contributed by atoms with Crippen LogP contribution in [0.2, 0.25) is 0 Å². The molecule has 1 N–H and O–H groups in total. The highest BCUT2D eigenvalue weighted by molar-refractivity contribution is 5.30. The first-order valence-electron chi connectivity index (χ1n) is 9.38. The maximum Gasteiger partial charge on any atom is 0.225 e. The summed E-state index contributed by atoms with van der Waals surface area (Å²) >= 11 is 0. The van der Waals surface area contributed by atoms with Gasteiger partial charge in [-0.15, -0.1) is 0 Å². The molecular weight excluding hydrogens is 331 g/mol. The zero-order valence-corrected chi connectivity index (χ0v) is 14.8. The maximum atomic E-state index is 13.0. The molecule has 2 saturated heterocycles. The van der Waals surface area contributed by atoms with E-state index in [1.54, 1.807) is 24.5 Å². The highest BCUT2D eigenvalue weighted by atomic mass is 19.1. The molecule has 0 bridgehead atoms. The molecule has 3 atom stereocenters. The van der Waals surface area contributed by atoms with Crippen LogP contribution in [0.3, 0.4) is 0 Å². The number of fused-ring (bicyclic) bond motifs is 1. The average molecular weight is 356 g/mol. The van der Waals surface area contributed by atoms with Crippen molar-refractivity contribution in [1.29, 1.82) is 0 Å². The van der Waals surface area contributed by atoms with Gasteiger partial charge in [0.15, 0.2) is 0 Å². The lowest BCUT2D eigenvalue weighted by atomic mass is 9.86. The van der Waals surface area contributed by atoms with Gasteiger partial charge in [0.1, 0.15) is 5.82 Å². The fraction of sp³-hybridized carbons (Fsp3) is 0.500. The molecule has 0 saturated carbocycles. The van der Waals surface area contributed by atoms with Crippen LogP contribution < -0.4 is 4.90 Å². The van der Waals surface area contributed by atoms with Crippen LogP contribution in [-0.4, -0.2) is 52.2 Å². The molecule has 26 heavy (non-hydrogen) atoms. The molecule has 0 radical (unpaired) electrons. The predicted molar refractivity (Wildman–Crippen MR) is 98.3 cm³/mol. The molecule has 2 aromatic rings. The number of benzene rings is 1. The predicted octanol–water partition coefficient (Wildman–Crippen LogP) is 2.64. The van der Waals surface area contributed by atoms with E-state index in [2.05, 4.69) is 19.8 Å². The Morgan fingerprint density at radius 2 is 1.85 bits per heavy atom. The maximum absolute atomic E-state index is 13.0. The Hall–Kier alpha value is -2.05. The quantitative estimate of drug-likeness (QED) is 0.913. The number of hydrogen-bond donors (Lipinski definition) is 1. The van der Waals surface area contributed by atoms with Gasteiger partial charge in [-0.3, -0.25) is 4.90 Å². The fourth-order valence-electron chi connectivity index (χ4n) is 4.22. The normalized spacial score (nSPS) is 24.9. The number of hydrogen-bond acceptors (Lipinski definition) is 5. The number of nitrogens with zero attached hydrogens (tertiary/aromatic N) is 4. The molecule has 6 heteroatoms. The van der Waals surface area contributed by atoms with Crippen molar-refractivity contribution in [3.63, 3.8) is 0 Å². The third kappa shape index (κ3) is 3.86. The van der Waals surface area contributed by atoms with Crippen molar-refractivity contribution >= 4 is 5.95 Å². The third-order valence-corrected chi connectivity index (χ3v) is 5.65. The van der Waals surface area contributed by atoms with Crippen LogP contribution >= 0.6 is 0 Å². The molecule has 0 aliphatic carbocycles. The lowest BCUT2D eigenvalue weighted by molar-refractivity contribution is 0.0620. The molecule has 1 aromatic carbocycles. The van der Waals surface area contributed by atoms with Gasteiger partial charge in [0, 0.05) is 44.6 Å². The largest absolute Gasteiger partial charge is 0.388 e. The summed E-state index contributed by atoms with van der Waals surface area (Å²) < 4.78 is 13.0. The SMILES string of the molecule is OC(CC1CCC2CN(c3ncccn3)CCN2C1)c1ccc(F)cc1. The number of aliphatic hydroxyl groups excluding tert-OH is 1. The molecule has 2 aliphatic heterocycles. The minimum Gasteiger partial charge on any atom is -0.388 e. The van der Waals surface area contributed by atoms with Gasteiger partial charge in [0.2, 0.25) is 5.95 Å². The number of aliphatic hydroxyl groups is 1. The topological polar surface area (TPSA) is 52.5 Å². The van der Waals surface area contributed by atoms with Crippen molar-refractivity contribution in [1.82, 2.24) is 14.9 Å². The van der Waals surface area contributed by atoms with Crippen LogP contribution in [0.4, 0.5) is 10.3 Å². The van der Waals surface area contributed by atoms with E-state index in [1.807, 2.05) is 6.07 Å². The smallest absolute Gasteiger partial charge is 0.225 e. The standard InChI is InChI=1S/C20H25FN4O/c21-17-5-3-16(4-6-17)19(26)12-15-2-7-18-14-25(11-10-24(18)13-15)20-22-8-1-9-23-20/h1,3-6,8-9,15,18-19,26H,2,7,10-14H2.